The molecule has 25 heavy (non-hydrogen) atoms. The Morgan fingerprint density at radius 1 is 0.800 bits per heavy atom. The molecule has 1 aliphatic carbocycles. The van der Waals surface area contributed by atoms with Gasteiger partial charge in [0.05, 0.1) is 29.8 Å². The van der Waals surface area contributed by atoms with Crippen LogP contribution in [0.5, 0.6) is 0 Å². The van der Waals surface area contributed by atoms with Crippen LogP contribution < -0.4 is 5.73 Å². The summed E-state index contributed by atoms with van der Waals surface area (Å²) in [5.41, 5.74) is 7.65. The standard InChI is InChI=1S/C21H14N4/c22-12-18-17(15-7-3-1-4-8-15)11-19(16-9-5-2-6-10-16)21(13-23,14-24)20(18)25/h1-11,20H,25H2. The minimum Gasteiger partial charge on any atom is -0.321 e. The van der Waals surface area contributed by atoms with Crippen LogP contribution in [0.25, 0.3) is 11.1 Å². The zero-order valence-electron chi connectivity index (χ0n) is 13.3. The third kappa shape index (κ3) is 2.50. The highest BCUT2D eigenvalue weighted by atomic mass is 14.7. The number of nitrogens with two attached hydrogens (primary N) is 1. The maximum Gasteiger partial charge on any atom is 0.188 e. The molecular formula is C21H14N4. The first-order chi connectivity index (χ1) is 12.2. The minimum absolute atomic E-state index is 0.244. The van der Waals surface area contributed by atoms with E-state index in [9.17, 15) is 15.8 Å². The number of nitrogens with zero attached hydrogens (tertiary/aromatic N) is 3. The monoisotopic (exact) mass is 322 g/mol. The molecule has 0 fully saturated rings. The van der Waals surface area contributed by atoms with Crippen molar-refractivity contribution in [1.82, 2.24) is 0 Å². The van der Waals surface area contributed by atoms with Crippen molar-refractivity contribution < 1.29 is 0 Å². The van der Waals surface area contributed by atoms with Gasteiger partial charge in [-0.1, -0.05) is 60.7 Å². The van der Waals surface area contributed by atoms with Crippen LogP contribution >= 0.6 is 0 Å². The van der Waals surface area contributed by atoms with Crippen molar-refractivity contribution in [2.24, 2.45) is 11.1 Å². The molecule has 0 radical (unpaired) electrons. The lowest BCUT2D eigenvalue weighted by Gasteiger charge is -2.33. The highest BCUT2D eigenvalue weighted by molar-refractivity contribution is 5.94. The van der Waals surface area contributed by atoms with E-state index in [1.54, 1.807) is 6.08 Å². The molecule has 3 rings (SSSR count). The summed E-state index contributed by atoms with van der Waals surface area (Å²) in [6, 6.07) is 23.8. The van der Waals surface area contributed by atoms with Crippen molar-refractivity contribution in [2.45, 2.75) is 6.04 Å². The van der Waals surface area contributed by atoms with Crippen molar-refractivity contribution in [3.8, 4) is 18.2 Å². The summed E-state index contributed by atoms with van der Waals surface area (Å²) in [5.74, 6) is 0. The molecule has 4 nitrogen and oxygen atoms in total. The lowest BCUT2D eigenvalue weighted by atomic mass is 9.66. The van der Waals surface area contributed by atoms with Gasteiger partial charge in [0.15, 0.2) is 5.41 Å². The van der Waals surface area contributed by atoms with Crippen molar-refractivity contribution in [3.63, 3.8) is 0 Å². The van der Waals surface area contributed by atoms with Gasteiger partial charge < -0.3 is 5.73 Å². The summed E-state index contributed by atoms with van der Waals surface area (Å²) >= 11 is 0. The van der Waals surface area contributed by atoms with Crippen LogP contribution in [-0.4, -0.2) is 6.04 Å². The van der Waals surface area contributed by atoms with Crippen LogP contribution in [0.4, 0.5) is 0 Å². The Morgan fingerprint density at radius 2 is 1.32 bits per heavy atom. The van der Waals surface area contributed by atoms with Crippen LogP contribution in [0.2, 0.25) is 0 Å². The fourth-order valence-corrected chi connectivity index (χ4v) is 3.09. The molecule has 0 bridgehead atoms. The molecule has 0 saturated heterocycles. The fraction of sp³-hybridized carbons (Fsp3) is 0.0952. The van der Waals surface area contributed by atoms with Gasteiger partial charge in [0, 0.05) is 0 Å². The molecule has 2 aromatic carbocycles. The van der Waals surface area contributed by atoms with Crippen LogP contribution in [0, 0.1) is 39.4 Å². The van der Waals surface area contributed by atoms with E-state index in [2.05, 4.69) is 18.2 Å². The third-order valence-electron chi connectivity index (χ3n) is 4.42. The first kappa shape index (κ1) is 16.2. The van der Waals surface area contributed by atoms with Crippen LogP contribution in [0.3, 0.4) is 0 Å². The molecular weight excluding hydrogens is 308 g/mol. The van der Waals surface area contributed by atoms with Crippen molar-refractivity contribution in [3.05, 3.63) is 83.4 Å². The normalized spacial score (nSPS) is 18.5. The maximum absolute atomic E-state index is 9.79. The predicted molar refractivity (Wildman–Crippen MR) is 95.0 cm³/mol. The Morgan fingerprint density at radius 3 is 1.80 bits per heavy atom. The minimum atomic E-state index is -1.61. The molecule has 118 valence electrons. The summed E-state index contributed by atoms with van der Waals surface area (Å²) in [7, 11) is 0. The number of hydrogen-bond acceptors (Lipinski definition) is 4. The van der Waals surface area contributed by atoms with E-state index in [0.717, 1.165) is 11.1 Å². The molecule has 1 atom stereocenters. The quantitative estimate of drug-likeness (QED) is 0.916. The van der Waals surface area contributed by atoms with E-state index in [-0.39, 0.29) is 5.57 Å². The highest BCUT2D eigenvalue weighted by Gasteiger charge is 2.47. The highest BCUT2D eigenvalue weighted by Crippen LogP contribution is 2.46. The Balaban J connectivity index is 2.34. The number of nitriles is 3. The van der Waals surface area contributed by atoms with E-state index in [0.29, 0.717) is 11.1 Å². The molecule has 2 aromatic rings. The summed E-state index contributed by atoms with van der Waals surface area (Å²) in [6.07, 6.45) is 1.75. The van der Waals surface area contributed by atoms with E-state index in [1.807, 2.05) is 60.7 Å². The third-order valence-corrected chi connectivity index (χ3v) is 4.42. The molecule has 0 amide bonds. The number of allylic oxidation sites excluding steroid dienone is 2. The summed E-state index contributed by atoms with van der Waals surface area (Å²) < 4.78 is 0. The molecule has 0 aromatic heterocycles. The molecule has 1 aliphatic rings. The van der Waals surface area contributed by atoms with Crippen LogP contribution in [0.1, 0.15) is 11.1 Å². The second-order valence-corrected chi connectivity index (χ2v) is 5.74. The fourth-order valence-electron chi connectivity index (χ4n) is 3.09. The Hall–Kier alpha value is -3.65. The van der Waals surface area contributed by atoms with Crippen LogP contribution in [-0.2, 0) is 0 Å². The molecule has 0 saturated carbocycles. The Labute approximate surface area is 146 Å². The van der Waals surface area contributed by atoms with Gasteiger partial charge in [-0.25, -0.2) is 0 Å². The first-order valence-electron chi connectivity index (χ1n) is 7.73. The van der Waals surface area contributed by atoms with Crippen LogP contribution in [0.15, 0.2) is 72.3 Å². The van der Waals surface area contributed by atoms with Gasteiger partial charge in [0.25, 0.3) is 0 Å². The van der Waals surface area contributed by atoms with Gasteiger partial charge >= 0.3 is 0 Å². The van der Waals surface area contributed by atoms with Gasteiger partial charge in [0.1, 0.15) is 0 Å². The average molecular weight is 322 g/mol. The first-order valence-corrected chi connectivity index (χ1v) is 7.73. The van der Waals surface area contributed by atoms with E-state index < -0.39 is 11.5 Å². The summed E-state index contributed by atoms with van der Waals surface area (Å²) in [5, 5.41) is 29.2. The van der Waals surface area contributed by atoms with Crippen molar-refractivity contribution >= 4 is 11.1 Å². The largest absolute Gasteiger partial charge is 0.321 e. The molecule has 0 heterocycles. The maximum atomic E-state index is 9.79. The van der Waals surface area contributed by atoms with Gasteiger partial charge in [-0.15, -0.1) is 0 Å². The zero-order valence-corrected chi connectivity index (χ0v) is 13.3. The molecule has 0 aliphatic heterocycles. The SMILES string of the molecule is N#CC1=C(c2ccccc2)C=C(c2ccccc2)C(C#N)(C#N)C1N. The second-order valence-electron chi connectivity index (χ2n) is 5.74. The second kappa shape index (κ2) is 6.46. The van der Waals surface area contributed by atoms with Gasteiger partial charge in [0.2, 0.25) is 0 Å². The lowest BCUT2D eigenvalue weighted by Crippen LogP contribution is -2.44. The van der Waals surface area contributed by atoms with Gasteiger partial charge in [-0.2, -0.15) is 15.8 Å². The van der Waals surface area contributed by atoms with Gasteiger partial charge in [-0.05, 0) is 28.3 Å². The summed E-state index contributed by atoms with van der Waals surface area (Å²) in [4.78, 5) is 0. The predicted octanol–water partition coefficient (Wildman–Crippen LogP) is 3.42. The topological polar surface area (TPSA) is 97.4 Å². The zero-order chi connectivity index (χ0) is 17.9. The lowest BCUT2D eigenvalue weighted by molar-refractivity contribution is 0.575. The van der Waals surface area contributed by atoms with E-state index in [4.69, 9.17) is 5.73 Å². The number of benzene rings is 2. The van der Waals surface area contributed by atoms with Gasteiger partial charge in [-0.3, -0.25) is 0 Å². The Bertz CT molecular complexity index is 966. The van der Waals surface area contributed by atoms with Crippen molar-refractivity contribution in [1.29, 1.82) is 15.8 Å². The summed E-state index contributed by atoms with van der Waals surface area (Å²) in [6.45, 7) is 0. The molecule has 4 heteroatoms. The van der Waals surface area contributed by atoms with E-state index >= 15 is 0 Å². The molecule has 1 unspecified atom stereocenters. The number of hydrogen-bond donors (Lipinski definition) is 1. The van der Waals surface area contributed by atoms with Crippen molar-refractivity contribution in [2.75, 3.05) is 0 Å². The Kier molecular flexibility index (Phi) is 4.19. The molecule has 2 N–H and O–H groups in total. The molecule has 0 spiro atoms. The average Bonchev–Trinajstić information content (AvgIpc) is 2.69. The number of rotatable bonds is 2. The van der Waals surface area contributed by atoms with E-state index in [1.165, 1.54) is 0 Å². The smallest absolute Gasteiger partial charge is 0.188 e.